The summed E-state index contributed by atoms with van der Waals surface area (Å²) in [5.74, 6) is 1.60. The van der Waals surface area contributed by atoms with Crippen LogP contribution in [0.5, 0.6) is 0 Å². The fourth-order valence-electron chi connectivity index (χ4n) is 17.4. The highest BCUT2D eigenvalue weighted by molar-refractivity contribution is 6.48. The maximum absolute atomic E-state index is 2.62. The van der Waals surface area contributed by atoms with Crippen LogP contribution in [0, 0.1) is 13.8 Å². The van der Waals surface area contributed by atoms with E-state index < -0.39 is 0 Å². The van der Waals surface area contributed by atoms with Gasteiger partial charge in [-0.2, -0.15) is 0 Å². The summed E-state index contributed by atoms with van der Waals surface area (Å²) in [6, 6.07) is 81.3. The van der Waals surface area contributed by atoms with Gasteiger partial charge in [-0.1, -0.05) is 250 Å². The van der Waals surface area contributed by atoms with Crippen molar-refractivity contribution in [1.82, 2.24) is 0 Å². The molecule has 0 saturated carbocycles. The first-order valence-electron chi connectivity index (χ1n) is 32.3. The Morgan fingerprint density at radius 3 is 0.807 bits per heavy atom. The van der Waals surface area contributed by atoms with Gasteiger partial charge in [0.2, 0.25) is 0 Å². The lowest BCUT2D eigenvalue weighted by molar-refractivity contribution is 0.838. The molecule has 0 radical (unpaired) electrons. The van der Waals surface area contributed by atoms with Crippen molar-refractivity contribution in [2.75, 3.05) is 0 Å². The Morgan fingerprint density at radius 2 is 0.455 bits per heavy atom. The van der Waals surface area contributed by atoms with Crippen LogP contribution in [0.4, 0.5) is 0 Å². The molecule has 18 rings (SSSR count). The lowest BCUT2D eigenvalue weighted by atomic mass is 9.81. The van der Waals surface area contributed by atoms with Gasteiger partial charge in [0, 0.05) is 0 Å². The van der Waals surface area contributed by atoms with E-state index in [2.05, 4.69) is 275 Å². The number of rotatable bonds is 8. The highest BCUT2D eigenvalue weighted by Crippen LogP contribution is 2.58. The molecule has 0 aromatic heterocycles. The Labute approximate surface area is 514 Å². The molecular weight excluding hydrogens is 1060 g/mol. The first-order chi connectivity index (χ1) is 42.9. The zero-order valence-corrected chi connectivity index (χ0v) is 51.9. The SMILES string of the molecule is Cc1ccccc1-c1c2cc3c(cc2c(-c2ccccc2C)c2c4ccc5c6ccc(-c7c(C(C)C)cccc7C(C)C)c7cccc(c8ccc(c12)c4c85)c76)c1ccc2c4ccc(-c5c(C(C)C)cccc5C(C)C)c5cccc(c6ccc3c1c62)c54. The lowest BCUT2D eigenvalue weighted by Crippen LogP contribution is -2.00. The Morgan fingerprint density at radius 1 is 0.182 bits per heavy atom. The summed E-state index contributed by atoms with van der Waals surface area (Å²) >= 11 is 0. The number of hydrogen-bond acceptors (Lipinski definition) is 0. The summed E-state index contributed by atoms with van der Waals surface area (Å²) in [6.07, 6.45) is 0. The van der Waals surface area contributed by atoms with Crippen LogP contribution in [0.25, 0.3) is 185 Å². The van der Waals surface area contributed by atoms with Crippen molar-refractivity contribution in [3.05, 3.63) is 240 Å². The molecule has 420 valence electrons. The average Bonchev–Trinajstić information content (AvgIpc) is 1.47. The van der Waals surface area contributed by atoms with Crippen molar-refractivity contribution in [2.24, 2.45) is 0 Å². The van der Waals surface area contributed by atoms with Gasteiger partial charge in [0.1, 0.15) is 0 Å². The van der Waals surface area contributed by atoms with E-state index in [-0.39, 0.29) is 0 Å². The largest absolute Gasteiger partial charge is 0.0620 e. The van der Waals surface area contributed by atoms with E-state index in [4.69, 9.17) is 0 Å². The van der Waals surface area contributed by atoms with Gasteiger partial charge >= 0.3 is 0 Å². The molecule has 0 atom stereocenters. The molecule has 0 N–H and O–H groups in total. The van der Waals surface area contributed by atoms with Gasteiger partial charge in [0.15, 0.2) is 0 Å². The molecule has 18 aromatic rings. The van der Waals surface area contributed by atoms with E-state index in [1.807, 2.05) is 0 Å². The van der Waals surface area contributed by atoms with Gasteiger partial charge in [-0.15, -0.1) is 0 Å². The lowest BCUT2D eigenvalue weighted by Gasteiger charge is -2.23. The summed E-state index contributed by atoms with van der Waals surface area (Å²) in [7, 11) is 0. The fourth-order valence-corrected chi connectivity index (χ4v) is 17.4. The third kappa shape index (κ3) is 6.71. The Balaban J connectivity index is 0.961. The Bertz CT molecular complexity index is 5720. The maximum Gasteiger partial charge on any atom is -0.000730 e. The normalized spacial score (nSPS) is 12.8. The number of benzene rings is 16. The zero-order valence-electron chi connectivity index (χ0n) is 51.9. The fraction of sp³-hybridized carbons (Fsp3) is 0.159. The molecule has 0 aliphatic carbocycles. The highest BCUT2D eigenvalue weighted by atomic mass is 14.3. The van der Waals surface area contributed by atoms with Gasteiger partial charge in [-0.3, -0.25) is 0 Å². The predicted octanol–water partition coefficient (Wildman–Crippen LogP) is 26.2. The smallest absolute Gasteiger partial charge is 0.000730 e. The minimum Gasteiger partial charge on any atom is -0.0620 e. The molecule has 0 bridgehead atoms. The van der Waals surface area contributed by atoms with Crippen molar-refractivity contribution < 1.29 is 0 Å². The van der Waals surface area contributed by atoms with Crippen molar-refractivity contribution in [2.45, 2.75) is 92.9 Å². The molecule has 0 aliphatic rings. The minimum absolute atomic E-state index is 0.397. The second-order valence-electron chi connectivity index (χ2n) is 27.2. The summed E-state index contributed by atoms with van der Waals surface area (Å²) in [6.45, 7) is 23.4. The van der Waals surface area contributed by atoms with Gasteiger partial charge in [-0.05, 0) is 268 Å². The Kier molecular flexibility index (Phi) is 10.8. The number of fused-ring (bicyclic) bond motifs is 11. The molecule has 0 spiro atoms. The molecular formula is C88H68. The monoisotopic (exact) mass is 1120 g/mol. The summed E-state index contributed by atoms with van der Waals surface area (Å²) in [4.78, 5) is 0. The molecule has 0 fully saturated rings. The van der Waals surface area contributed by atoms with E-state index >= 15 is 0 Å². The third-order valence-electron chi connectivity index (χ3n) is 21.2. The molecule has 0 heteroatoms. The van der Waals surface area contributed by atoms with Crippen LogP contribution < -0.4 is 0 Å². The molecule has 88 heavy (non-hydrogen) atoms. The summed E-state index contributed by atoms with van der Waals surface area (Å²) < 4.78 is 0. The molecule has 18 aromatic carbocycles. The molecule has 0 heterocycles. The van der Waals surface area contributed by atoms with Crippen molar-refractivity contribution in [3.63, 3.8) is 0 Å². The van der Waals surface area contributed by atoms with E-state index in [1.54, 1.807) is 0 Å². The van der Waals surface area contributed by atoms with Crippen LogP contribution in [0.3, 0.4) is 0 Å². The van der Waals surface area contributed by atoms with Crippen LogP contribution in [0.15, 0.2) is 206 Å². The Hall–Kier alpha value is -9.62. The van der Waals surface area contributed by atoms with E-state index in [9.17, 15) is 0 Å². The molecule has 0 saturated heterocycles. The quantitative estimate of drug-likeness (QED) is 0.105. The second-order valence-corrected chi connectivity index (χ2v) is 27.2. The standard InChI is InChI=1S/C88H68/c1-45(2)51-23-15-24-52(46(3)4)77(51)61-31-33-63-67-36-38-70-74-44-76-75(43-73(74)69-37-35-65(83(67)85(69)70)59-29-17-27-57(61)79(59)63)81(55-21-13-11-19-49(55)9)87-71-41-39-66-60-30-18-28-58-62(78-53(47(5)6)25-16-26-54(78)48(7)8)32-34-64(80(58)60)68-40-42-72(86(71)84(66)68)88(87)82(76)56-22-14-12-20-50(56)10/h11-48H,1-10H3. The van der Waals surface area contributed by atoms with Crippen molar-refractivity contribution in [3.8, 4) is 44.5 Å². The third-order valence-corrected chi connectivity index (χ3v) is 21.2. The highest BCUT2D eigenvalue weighted by Gasteiger charge is 2.30. The summed E-state index contributed by atoms with van der Waals surface area (Å²) in [5, 5.41) is 34.7. The first kappa shape index (κ1) is 51.6. The second kappa shape index (κ2) is 18.5. The van der Waals surface area contributed by atoms with Gasteiger partial charge in [-0.25, -0.2) is 0 Å². The van der Waals surface area contributed by atoms with Gasteiger partial charge in [0.25, 0.3) is 0 Å². The molecule has 0 unspecified atom stereocenters. The molecule has 0 aliphatic heterocycles. The maximum atomic E-state index is 2.62. The minimum atomic E-state index is 0.397. The van der Waals surface area contributed by atoms with E-state index in [0.29, 0.717) is 23.7 Å². The van der Waals surface area contributed by atoms with Crippen LogP contribution >= 0.6 is 0 Å². The van der Waals surface area contributed by atoms with Gasteiger partial charge < -0.3 is 0 Å². The van der Waals surface area contributed by atoms with E-state index in [0.717, 1.165) is 0 Å². The van der Waals surface area contributed by atoms with Gasteiger partial charge in [0.05, 0.1) is 0 Å². The van der Waals surface area contributed by atoms with E-state index in [1.165, 1.54) is 218 Å². The zero-order chi connectivity index (χ0) is 59.4. The number of hydrogen-bond donors (Lipinski definition) is 0. The van der Waals surface area contributed by atoms with Crippen LogP contribution in [0.2, 0.25) is 0 Å². The van der Waals surface area contributed by atoms with Crippen LogP contribution in [-0.2, 0) is 0 Å². The summed E-state index contributed by atoms with van der Waals surface area (Å²) in [5.41, 5.74) is 19.0. The van der Waals surface area contributed by atoms with Crippen LogP contribution in [-0.4, -0.2) is 0 Å². The average molecular weight is 1130 g/mol. The van der Waals surface area contributed by atoms with Crippen LogP contribution in [0.1, 0.15) is 112 Å². The van der Waals surface area contributed by atoms with Crippen molar-refractivity contribution in [1.29, 1.82) is 0 Å². The number of aryl methyl sites for hydroxylation is 2. The first-order valence-corrected chi connectivity index (χ1v) is 32.3. The topological polar surface area (TPSA) is 0 Å². The van der Waals surface area contributed by atoms with Crippen molar-refractivity contribution >= 4 is 140 Å². The predicted molar refractivity (Wildman–Crippen MR) is 386 cm³/mol. The molecule has 0 nitrogen and oxygen atoms in total. The molecule has 0 amide bonds.